The molecule has 2 aromatic carbocycles. The highest BCUT2D eigenvalue weighted by molar-refractivity contribution is 5.93. The molecule has 126 valence electrons. The fourth-order valence-electron chi connectivity index (χ4n) is 2.71. The van der Waals surface area contributed by atoms with Gasteiger partial charge in [0, 0.05) is 13.5 Å². The monoisotopic (exact) mass is 335 g/mol. The van der Waals surface area contributed by atoms with Gasteiger partial charge in [-0.1, -0.05) is 54.6 Å². The number of amides is 1. The Morgan fingerprint density at radius 1 is 1.12 bits per heavy atom. The zero-order valence-electron chi connectivity index (χ0n) is 13.6. The molecule has 1 heterocycles. The van der Waals surface area contributed by atoms with Crippen LogP contribution >= 0.6 is 0 Å². The summed E-state index contributed by atoms with van der Waals surface area (Å²) in [5.41, 5.74) is 7.09. The molecular formula is C19H17N3O3. The molecule has 6 heteroatoms. The third kappa shape index (κ3) is 3.14. The van der Waals surface area contributed by atoms with Crippen LogP contribution in [0, 0.1) is 0 Å². The lowest BCUT2D eigenvalue weighted by atomic mass is 9.97. The van der Waals surface area contributed by atoms with Crippen molar-refractivity contribution < 1.29 is 9.90 Å². The Labute approximate surface area is 144 Å². The number of nitrogens with two attached hydrogens (primary N) is 1. The molecule has 0 aliphatic rings. The van der Waals surface area contributed by atoms with Crippen molar-refractivity contribution in [3.63, 3.8) is 0 Å². The Bertz CT molecular complexity index is 995. The molecule has 25 heavy (non-hydrogen) atoms. The molecule has 0 aliphatic carbocycles. The average molecular weight is 335 g/mol. The van der Waals surface area contributed by atoms with Gasteiger partial charge in [-0.25, -0.2) is 4.98 Å². The van der Waals surface area contributed by atoms with Gasteiger partial charge in [0.15, 0.2) is 5.69 Å². The molecule has 0 radical (unpaired) electrons. The number of aromatic nitrogens is 2. The fraction of sp³-hybridized carbons (Fsp3) is 0.105. The average Bonchev–Trinajstić information content (AvgIpc) is 2.63. The molecule has 0 bridgehead atoms. The van der Waals surface area contributed by atoms with E-state index in [0.717, 1.165) is 16.7 Å². The van der Waals surface area contributed by atoms with Crippen molar-refractivity contribution in [2.75, 3.05) is 0 Å². The van der Waals surface area contributed by atoms with Crippen molar-refractivity contribution in [1.82, 2.24) is 9.55 Å². The fourth-order valence-corrected chi connectivity index (χ4v) is 2.71. The van der Waals surface area contributed by atoms with E-state index in [1.807, 2.05) is 54.6 Å². The summed E-state index contributed by atoms with van der Waals surface area (Å²) in [4.78, 5) is 27.7. The largest absolute Gasteiger partial charge is 0.501 e. The summed E-state index contributed by atoms with van der Waals surface area (Å²) in [6, 6.07) is 17.6. The first-order valence-electron chi connectivity index (χ1n) is 7.71. The van der Waals surface area contributed by atoms with Crippen LogP contribution in [0.2, 0.25) is 0 Å². The molecule has 3 N–H and O–H groups in total. The number of hydrogen-bond donors (Lipinski definition) is 2. The molecular weight excluding hydrogens is 318 g/mol. The van der Waals surface area contributed by atoms with Crippen molar-refractivity contribution in [1.29, 1.82) is 0 Å². The number of carbonyl (C=O) groups is 1. The quantitative estimate of drug-likeness (QED) is 0.760. The standard InChI is InChI=1S/C19H17N3O3/c1-22-15(21-16(18(20)24)17(23)19(22)25)11-13-9-5-6-10-14(13)12-7-3-2-4-8-12/h2-10,23H,11H2,1H3,(H2,20,24). The van der Waals surface area contributed by atoms with Crippen molar-refractivity contribution in [2.45, 2.75) is 6.42 Å². The number of benzene rings is 2. The zero-order valence-corrected chi connectivity index (χ0v) is 13.6. The zero-order chi connectivity index (χ0) is 18.0. The van der Waals surface area contributed by atoms with Crippen LogP contribution in [0.3, 0.4) is 0 Å². The Kier molecular flexibility index (Phi) is 4.35. The summed E-state index contributed by atoms with van der Waals surface area (Å²) in [6.45, 7) is 0. The summed E-state index contributed by atoms with van der Waals surface area (Å²) < 4.78 is 1.23. The second-order valence-corrected chi connectivity index (χ2v) is 5.65. The van der Waals surface area contributed by atoms with Gasteiger partial charge in [-0.15, -0.1) is 0 Å². The van der Waals surface area contributed by atoms with Crippen LogP contribution in [0.25, 0.3) is 11.1 Å². The van der Waals surface area contributed by atoms with Crippen LogP contribution in [0.5, 0.6) is 5.75 Å². The molecule has 3 rings (SSSR count). The minimum atomic E-state index is -0.937. The first-order valence-corrected chi connectivity index (χ1v) is 7.71. The highest BCUT2D eigenvalue weighted by atomic mass is 16.3. The molecule has 0 spiro atoms. The number of hydrogen-bond acceptors (Lipinski definition) is 4. The third-order valence-electron chi connectivity index (χ3n) is 4.04. The lowest BCUT2D eigenvalue weighted by molar-refractivity contribution is 0.0991. The van der Waals surface area contributed by atoms with Gasteiger partial charge in [0.2, 0.25) is 5.75 Å². The van der Waals surface area contributed by atoms with E-state index in [4.69, 9.17) is 5.73 Å². The van der Waals surface area contributed by atoms with Crippen LogP contribution < -0.4 is 11.3 Å². The van der Waals surface area contributed by atoms with Gasteiger partial charge in [0.1, 0.15) is 5.82 Å². The van der Waals surface area contributed by atoms with Gasteiger partial charge in [-0.3, -0.25) is 14.2 Å². The van der Waals surface area contributed by atoms with Crippen molar-refractivity contribution in [3.8, 4) is 16.9 Å². The van der Waals surface area contributed by atoms with Gasteiger partial charge in [0.05, 0.1) is 0 Å². The molecule has 0 aliphatic heterocycles. The number of rotatable bonds is 4. The second-order valence-electron chi connectivity index (χ2n) is 5.65. The van der Waals surface area contributed by atoms with Crippen LogP contribution in [0.4, 0.5) is 0 Å². The Hall–Kier alpha value is -3.41. The van der Waals surface area contributed by atoms with E-state index in [9.17, 15) is 14.7 Å². The van der Waals surface area contributed by atoms with E-state index in [0.29, 0.717) is 12.2 Å². The molecule has 0 fully saturated rings. The van der Waals surface area contributed by atoms with Gasteiger partial charge in [-0.2, -0.15) is 0 Å². The lowest BCUT2D eigenvalue weighted by Crippen LogP contribution is -2.27. The summed E-state index contributed by atoms with van der Waals surface area (Å²) >= 11 is 0. The lowest BCUT2D eigenvalue weighted by Gasteiger charge is -2.13. The minimum absolute atomic E-state index is 0.317. The van der Waals surface area contributed by atoms with E-state index >= 15 is 0 Å². The summed E-state index contributed by atoms with van der Waals surface area (Å²) in [5, 5.41) is 9.78. The molecule has 0 atom stereocenters. The number of carbonyl (C=O) groups excluding carboxylic acids is 1. The van der Waals surface area contributed by atoms with Gasteiger partial charge >= 0.3 is 0 Å². The van der Waals surface area contributed by atoms with E-state index in [1.54, 1.807) is 0 Å². The number of nitrogens with zero attached hydrogens (tertiary/aromatic N) is 2. The van der Waals surface area contributed by atoms with E-state index in [1.165, 1.54) is 11.6 Å². The maximum Gasteiger partial charge on any atom is 0.296 e. The van der Waals surface area contributed by atoms with Gasteiger partial charge in [-0.05, 0) is 16.7 Å². The predicted molar refractivity (Wildman–Crippen MR) is 94.3 cm³/mol. The normalized spacial score (nSPS) is 10.6. The molecule has 1 amide bonds. The summed E-state index contributed by atoms with van der Waals surface area (Å²) in [7, 11) is 1.50. The highest BCUT2D eigenvalue weighted by Gasteiger charge is 2.18. The second kappa shape index (κ2) is 6.60. The Balaban J connectivity index is 2.11. The molecule has 3 aromatic rings. The SMILES string of the molecule is Cn1c(Cc2ccccc2-c2ccccc2)nc(C(N)=O)c(O)c1=O. The van der Waals surface area contributed by atoms with Crippen molar-refractivity contribution in [3.05, 3.63) is 82.0 Å². The molecule has 1 aromatic heterocycles. The maximum absolute atomic E-state index is 12.1. The van der Waals surface area contributed by atoms with Crippen LogP contribution in [-0.2, 0) is 13.5 Å². The van der Waals surface area contributed by atoms with E-state index in [2.05, 4.69) is 4.98 Å². The van der Waals surface area contributed by atoms with Gasteiger partial charge in [0.25, 0.3) is 11.5 Å². The first-order chi connectivity index (χ1) is 12.0. The summed E-state index contributed by atoms with van der Waals surface area (Å²) in [6.07, 6.45) is 0.317. The molecule has 6 nitrogen and oxygen atoms in total. The molecule has 0 saturated carbocycles. The molecule has 0 saturated heterocycles. The van der Waals surface area contributed by atoms with Crippen molar-refractivity contribution >= 4 is 5.91 Å². The smallest absolute Gasteiger partial charge is 0.296 e. The topological polar surface area (TPSA) is 98.2 Å². The number of aromatic hydroxyl groups is 1. The maximum atomic E-state index is 12.1. The van der Waals surface area contributed by atoms with E-state index in [-0.39, 0.29) is 0 Å². The van der Waals surface area contributed by atoms with Gasteiger partial charge < -0.3 is 10.8 Å². The number of primary amides is 1. The predicted octanol–water partition coefficient (Wildman–Crippen LogP) is 1.84. The van der Waals surface area contributed by atoms with Crippen LogP contribution in [-0.4, -0.2) is 20.6 Å². The first kappa shape index (κ1) is 16.4. The summed E-state index contributed by atoms with van der Waals surface area (Å²) in [5.74, 6) is -1.32. The van der Waals surface area contributed by atoms with Crippen molar-refractivity contribution in [2.24, 2.45) is 12.8 Å². The molecule has 0 unspecified atom stereocenters. The third-order valence-corrected chi connectivity index (χ3v) is 4.04. The highest BCUT2D eigenvalue weighted by Crippen LogP contribution is 2.25. The van der Waals surface area contributed by atoms with Crippen LogP contribution in [0.15, 0.2) is 59.4 Å². The van der Waals surface area contributed by atoms with E-state index < -0.39 is 22.9 Å². The minimum Gasteiger partial charge on any atom is -0.501 e. The van der Waals surface area contributed by atoms with Crippen LogP contribution in [0.1, 0.15) is 21.9 Å². The Morgan fingerprint density at radius 2 is 1.76 bits per heavy atom. The Morgan fingerprint density at radius 3 is 2.44 bits per heavy atom.